The molecule has 0 fully saturated rings. The van der Waals surface area contributed by atoms with Crippen molar-refractivity contribution >= 4 is 55.2 Å². The number of hydrogen-bond acceptors (Lipinski definition) is 0. The molecule has 312 valence electrons. The van der Waals surface area contributed by atoms with Gasteiger partial charge in [-0.2, -0.15) is 0 Å². The topological polar surface area (TPSA) is 0 Å². The highest BCUT2D eigenvalue weighted by atomic mass is 14.5. The van der Waals surface area contributed by atoms with Gasteiger partial charge in [0.2, 0.25) is 0 Å². The molecule has 0 bridgehead atoms. The third-order valence-corrected chi connectivity index (χ3v) is 14.4. The van der Waals surface area contributed by atoms with Crippen LogP contribution in [0, 0.1) is 0 Å². The van der Waals surface area contributed by atoms with Gasteiger partial charge in [0.1, 0.15) is 0 Å². The Balaban J connectivity index is 0.920. The van der Waals surface area contributed by atoms with Crippen LogP contribution in [0.4, 0.5) is 0 Å². The quantitative estimate of drug-likeness (QED) is 0.111. The van der Waals surface area contributed by atoms with Crippen LogP contribution in [-0.2, 0) is 5.41 Å². The summed E-state index contributed by atoms with van der Waals surface area (Å²) in [5, 5.41) is 10.0. The van der Waals surface area contributed by atoms with Crippen molar-refractivity contribution in [1.29, 1.82) is 0 Å². The van der Waals surface area contributed by atoms with E-state index in [1.54, 1.807) is 0 Å². The highest BCUT2D eigenvalue weighted by molar-refractivity contribution is 6.21. The van der Waals surface area contributed by atoms with Crippen molar-refractivity contribution in [2.45, 2.75) is 5.41 Å². The molecule has 0 amide bonds. The minimum atomic E-state index is -0.472. The van der Waals surface area contributed by atoms with Crippen LogP contribution in [0.2, 0.25) is 0 Å². The molecular formula is C67H44. The van der Waals surface area contributed by atoms with Gasteiger partial charge in [0.15, 0.2) is 0 Å². The summed E-state index contributed by atoms with van der Waals surface area (Å²) >= 11 is 0. The second-order valence-corrected chi connectivity index (χ2v) is 17.9. The lowest BCUT2D eigenvalue weighted by Crippen LogP contribution is -2.28. The summed E-state index contributed by atoms with van der Waals surface area (Å²) in [6.45, 7) is 0. The van der Waals surface area contributed by atoms with Gasteiger partial charge in [0, 0.05) is 0 Å². The first-order chi connectivity index (χ1) is 33.3. The summed E-state index contributed by atoms with van der Waals surface area (Å²) < 4.78 is 0. The predicted molar refractivity (Wildman–Crippen MR) is 285 cm³/mol. The Hall–Kier alpha value is -8.58. The molecule has 0 saturated carbocycles. The first-order valence-electron chi connectivity index (χ1n) is 23.3. The van der Waals surface area contributed by atoms with E-state index in [1.165, 1.54) is 115 Å². The fourth-order valence-corrected chi connectivity index (χ4v) is 11.5. The molecule has 0 spiro atoms. The average Bonchev–Trinajstić information content (AvgIpc) is 3.70. The minimum absolute atomic E-state index is 0.472. The van der Waals surface area contributed by atoms with E-state index in [0.717, 1.165) is 5.56 Å². The molecule has 67 heavy (non-hydrogen) atoms. The lowest BCUT2D eigenvalue weighted by molar-refractivity contribution is 0.769. The van der Waals surface area contributed by atoms with E-state index in [4.69, 9.17) is 0 Å². The molecule has 0 unspecified atom stereocenters. The number of benzene rings is 12. The smallest absolute Gasteiger partial charge is 0.0622 e. The Morgan fingerprint density at radius 2 is 0.731 bits per heavy atom. The maximum atomic E-state index is 2.50. The van der Waals surface area contributed by atoms with E-state index in [1.807, 2.05) is 0 Å². The summed E-state index contributed by atoms with van der Waals surface area (Å²) in [6, 6.07) is 94.2. The molecule has 0 saturated heterocycles. The van der Waals surface area contributed by atoms with Gasteiger partial charge in [0.05, 0.1) is 5.41 Å². The zero-order valence-corrected chi connectivity index (χ0v) is 36.9. The zero-order valence-electron chi connectivity index (χ0n) is 36.9. The molecule has 0 heterocycles. The molecule has 0 atom stereocenters. The van der Waals surface area contributed by atoms with Gasteiger partial charge in [-0.25, -0.2) is 0 Å². The van der Waals surface area contributed by atoms with Crippen LogP contribution in [0.25, 0.3) is 99.7 Å². The summed E-state index contributed by atoms with van der Waals surface area (Å²) in [5.74, 6) is 0. The van der Waals surface area contributed by atoms with E-state index in [2.05, 4.69) is 267 Å². The SMILES string of the molecule is C(=Cc1ccc(-c2cccc3ccccc23)c2ccccc12)c1ccc(-c2c3ccccc3c(-c3ccc4c(c3)C(c3ccccc3)(c3ccccc3)c3ccccc3-4)c3ccccc23)cc1. The Labute approximate surface area is 391 Å². The van der Waals surface area contributed by atoms with E-state index < -0.39 is 5.41 Å². The van der Waals surface area contributed by atoms with Gasteiger partial charge in [-0.3, -0.25) is 0 Å². The van der Waals surface area contributed by atoms with Crippen molar-refractivity contribution in [3.8, 4) is 44.5 Å². The highest BCUT2D eigenvalue weighted by Crippen LogP contribution is 2.57. The van der Waals surface area contributed by atoms with Crippen molar-refractivity contribution in [2.75, 3.05) is 0 Å². The zero-order chi connectivity index (χ0) is 44.3. The molecule has 1 aliphatic carbocycles. The Bertz CT molecular complexity index is 3790. The van der Waals surface area contributed by atoms with Crippen molar-refractivity contribution in [3.05, 3.63) is 288 Å². The molecule has 12 aromatic carbocycles. The molecule has 0 aliphatic heterocycles. The van der Waals surface area contributed by atoms with Gasteiger partial charge in [-0.1, -0.05) is 261 Å². The molecule has 0 heteroatoms. The number of fused-ring (bicyclic) bond motifs is 7. The van der Waals surface area contributed by atoms with Crippen molar-refractivity contribution in [1.82, 2.24) is 0 Å². The second kappa shape index (κ2) is 15.8. The molecule has 13 rings (SSSR count). The van der Waals surface area contributed by atoms with Gasteiger partial charge in [-0.05, 0) is 127 Å². The van der Waals surface area contributed by atoms with E-state index in [9.17, 15) is 0 Å². The van der Waals surface area contributed by atoms with Crippen LogP contribution >= 0.6 is 0 Å². The van der Waals surface area contributed by atoms with Gasteiger partial charge < -0.3 is 0 Å². The number of rotatable bonds is 7. The van der Waals surface area contributed by atoms with E-state index in [0.29, 0.717) is 0 Å². The molecule has 1 aliphatic rings. The fourth-order valence-electron chi connectivity index (χ4n) is 11.5. The largest absolute Gasteiger partial charge is 0.0713 e. The van der Waals surface area contributed by atoms with E-state index >= 15 is 0 Å². The summed E-state index contributed by atoms with van der Waals surface area (Å²) in [4.78, 5) is 0. The third-order valence-electron chi connectivity index (χ3n) is 14.4. The van der Waals surface area contributed by atoms with Crippen molar-refractivity contribution in [3.63, 3.8) is 0 Å². The fraction of sp³-hybridized carbons (Fsp3) is 0.0149. The van der Waals surface area contributed by atoms with Gasteiger partial charge in [0.25, 0.3) is 0 Å². The lowest BCUT2D eigenvalue weighted by atomic mass is 9.67. The normalized spacial score (nSPS) is 12.8. The first kappa shape index (κ1) is 38.8. The maximum Gasteiger partial charge on any atom is 0.0713 e. The lowest BCUT2D eigenvalue weighted by Gasteiger charge is -2.34. The van der Waals surface area contributed by atoms with Gasteiger partial charge >= 0.3 is 0 Å². The summed E-state index contributed by atoms with van der Waals surface area (Å²) in [7, 11) is 0. The molecule has 0 radical (unpaired) electrons. The standard InChI is InChI=1S/C67H44/c1-3-20-50(21-4-1)67(51-22-5-2-6-23-51)63-33-16-15-27-57(63)58-43-41-49(44-64(58)67)66-61-30-13-11-28-59(61)65(60-29-12-14-31-62(60)66)48-38-35-45(36-39-48)34-37-47-40-42-56(54-26-10-9-25-53(47)54)55-32-17-19-46-18-7-8-24-52(46)55/h1-44H. The monoisotopic (exact) mass is 848 g/mol. The average molecular weight is 849 g/mol. The van der Waals surface area contributed by atoms with Crippen LogP contribution < -0.4 is 0 Å². The minimum Gasteiger partial charge on any atom is -0.0622 e. The third kappa shape index (κ3) is 6.14. The predicted octanol–water partition coefficient (Wildman–Crippen LogP) is 17.8. The Kier molecular flexibility index (Phi) is 9.18. The molecule has 12 aromatic rings. The van der Waals surface area contributed by atoms with E-state index in [-0.39, 0.29) is 0 Å². The van der Waals surface area contributed by atoms with Crippen LogP contribution in [0.5, 0.6) is 0 Å². The van der Waals surface area contributed by atoms with Crippen LogP contribution in [0.3, 0.4) is 0 Å². The molecule has 0 N–H and O–H groups in total. The second-order valence-electron chi connectivity index (χ2n) is 17.9. The Morgan fingerprint density at radius 1 is 0.269 bits per heavy atom. The Morgan fingerprint density at radius 3 is 1.40 bits per heavy atom. The van der Waals surface area contributed by atoms with Crippen molar-refractivity contribution < 1.29 is 0 Å². The molecule has 0 nitrogen and oxygen atoms in total. The van der Waals surface area contributed by atoms with Crippen LogP contribution in [0.15, 0.2) is 255 Å². The number of hydrogen-bond donors (Lipinski definition) is 0. The molecular weight excluding hydrogens is 805 g/mol. The van der Waals surface area contributed by atoms with Crippen LogP contribution in [0.1, 0.15) is 33.4 Å². The highest BCUT2D eigenvalue weighted by Gasteiger charge is 2.46. The van der Waals surface area contributed by atoms with Gasteiger partial charge in [-0.15, -0.1) is 0 Å². The first-order valence-corrected chi connectivity index (χ1v) is 23.3. The summed E-state index contributed by atoms with van der Waals surface area (Å²) in [6.07, 6.45) is 4.52. The summed E-state index contributed by atoms with van der Waals surface area (Å²) in [5.41, 5.74) is 17.1. The van der Waals surface area contributed by atoms with Crippen molar-refractivity contribution in [2.24, 2.45) is 0 Å². The maximum absolute atomic E-state index is 2.50. The van der Waals surface area contributed by atoms with Crippen LogP contribution in [-0.4, -0.2) is 0 Å². The molecule has 0 aromatic heterocycles.